The van der Waals surface area contributed by atoms with Crippen molar-refractivity contribution in [3.8, 4) is 5.75 Å². The van der Waals surface area contributed by atoms with E-state index >= 15 is 0 Å². The van der Waals surface area contributed by atoms with Crippen molar-refractivity contribution in [3.63, 3.8) is 0 Å². The van der Waals surface area contributed by atoms with Crippen LogP contribution >= 0.6 is 0 Å². The molecule has 0 radical (unpaired) electrons. The van der Waals surface area contributed by atoms with E-state index in [1.807, 2.05) is 0 Å². The van der Waals surface area contributed by atoms with Gasteiger partial charge in [-0.15, -0.1) is 0 Å². The number of benzene rings is 2. The van der Waals surface area contributed by atoms with E-state index in [1.54, 1.807) is 0 Å². The summed E-state index contributed by atoms with van der Waals surface area (Å²) in [5, 5.41) is 2.45. The van der Waals surface area contributed by atoms with E-state index in [0.717, 1.165) is 24.3 Å². The van der Waals surface area contributed by atoms with E-state index in [9.17, 15) is 22.4 Å². The summed E-state index contributed by atoms with van der Waals surface area (Å²) in [6, 6.07) is 9.19. The fourth-order valence-electron chi connectivity index (χ4n) is 1.76. The van der Waals surface area contributed by atoms with E-state index in [2.05, 4.69) is 5.32 Å². The number of alkyl halides is 3. The second-order valence-corrected chi connectivity index (χ2v) is 4.78. The Morgan fingerprint density at radius 2 is 1.61 bits per heavy atom. The minimum atomic E-state index is -4.43. The van der Waals surface area contributed by atoms with Crippen LogP contribution in [0.2, 0.25) is 0 Å². The Balaban J connectivity index is 1.96. The summed E-state index contributed by atoms with van der Waals surface area (Å²) in [4.78, 5) is 11.9. The number of hydrogen-bond donors (Lipinski definition) is 1. The van der Waals surface area contributed by atoms with Crippen LogP contribution in [-0.2, 0) is 11.0 Å². The number of ether oxygens (including phenoxy) is 1. The average molecular weight is 327 g/mol. The van der Waals surface area contributed by atoms with Crippen LogP contribution < -0.4 is 10.1 Å². The maximum atomic E-state index is 12.8. The van der Waals surface area contributed by atoms with Gasteiger partial charge in [-0.3, -0.25) is 4.79 Å². The van der Waals surface area contributed by atoms with Crippen molar-refractivity contribution >= 4 is 11.6 Å². The van der Waals surface area contributed by atoms with Crippen LogP contribution in [0.3, 0.4) is 0 Å². The zero-order valence-electron chi connectivity index (χ0n) is 12.0. The molecule has 0 saturated heterocycles. The molecule has 23 heavy (non-hydrogen) atoms. The van der Waals surface area contributed by atoms with Crippen LogP contribution in [0.5, 0.6) is 5.75 Å². The van der Waals surface area contributed by atoms with Gasteiger partial charge >= 0.3 is 6.18 Å². The molecule has 1 amide bonds. The number of anilines is 1. The zero-order chi connectivity index (χ0) is 17.0. The van der Waals surface area contributed by atoms with Crippen molar-refractivity contribution in [3.05, 3.63) is 59.9 Å². The minimum absolute atomic E-state index is 0.220. The average Bonchev–Trinajstić information content (AvgIpc) is 2.49. The SMILES string of the molecule is C[C@H](Oc1ccc(F)cc1)C(=O)Nc1ccc(C(F)(F)F)cc1. The van der Waals surface area contributed by atoms with Crippen LogP contribution in [0, 0.1) is 5.82 Å². The van der Waals surface area contributed by atoms with Crippen molar-refractivity contribution in [1.82, 2.24) is 0 Å². The molecule has 1 atom stereocenters. The minimum Gasteiger partial charge on any atom is -0.481 e. The van der Waals surface area contributed by atoms with Crippen molar-refractivity contribution in [2.24, 2.45) is 0 Å². The van der Waals surface area contributed by atoms with Crippen LogP contribution in [0.4, 0.5) is 23.2 Å². The van der Waals surface area contributed by atoms with Gasteiger partial charge in [0, 0.05) is 5.69 Å². The summed E-state index contributed by atoms with van der Waals surface area (Å²) >= 11 is 0. The van der Waals surface area contributed by atoms with Gasteiger partial charge in [0.1, 0.15) is 11.6 Å². The Morgan fingerprint density at radius 1 is 1.04 bits per heavy atom. The lowest BCUT2D eigenvalue weighted by Crippen LogP contribution is -2.30. The molecular formula is C16H13F4NO2. The number of rotatable bonds is 4. The van der Waals surface area contributed by atoms with Crippen LogP contribution in [0.15, 0.2) is 48.5 Å². The van der Waals surface area contributed by atoms with Crippen molar-refractivity contribution < 1.29 is 27.1 Å². The fourth-order valence-corrected chi connectivity index (χ4v) is 1.76. The molecule has 3 nitrogen and oxygen atoms in total. The molecule has 0 spiro atoms. The number of amides is 1. The fraction of sp³-hybridized carbons (Fsp3) is 0.188. The molecule has 1 N–H and O–H groups in total. The van der Waals surface area contributed by atoms with Gasteiger partial charge in [0.05, 0.1) is 5.56 Å². The molecule has 0 saturated carbocycles. The Labute approximate surface area is 129 Å². The van der Waals surface area contributed by atoms with Gasteiger partial charge in [-0.1, -0.05) is 0 Å². The number of halogens is 4. The quantitative estimate of drug-likeness (QED) is 0.853. The number of nitrogens with one attached hydrogen (secondary N) is 1. The smallest absolute Gasteiger partial charge is 0.416 e. The molecule has 122 valence electrons. The number of hydrogen-bond acceptors (Lipinski definition) is 2. The highest BCUT2D eigenvalue weighted by Gasteiger charge is 2.30. The van der Waals surface area contributed by atoms with E-state index < -0.39 is 29.6 Å². The van der Waals surface area contributed by atoms with Crippen molar-refractivity contribution in [2.75, 3.05) is 5.32 Å². The Kier molecular flexibility index (Phi) is 4.88. The third-order valence-electron chi connectivity index (χ3n) is 2.98. The highest BCUT2D eigenvalue weighted by Crippen LogP contribution is 2.29. The normalized spacial score (nSPS) is 12.6. The first-order valence-corrected chi connectivity index (χ1v) is 6.66. The van der Waals surface area contributed by atoms with E-state index in [1.165, 1.54) is 31.2 Å². The molecule has 0 aliphatic rings. The molecule has 0 aliphatic carbocycles. The topological polar surface area (TPSA) is 38.3 Å². The van der Waals surface area contributed by atoms with E-state index in [4.69, 9.17) is 4.74 Å². The first-order valence-electron chi connectivity index (χ1n) is 6.66. The number of carbonyl (C=O) groups excluding carboxylic acids is 1. The largest absolute Gasteiger partial charge is 0.481 e. The van der Waals surface area contributed by atoms with Gasteiger partial charge in [-0.25, -0.2) is 4.39 Å². The molecule has 2 rings (SSSR count). The standard InChI is InChI=1S/C16H13F4NO2/c1-10(23-14-8-4-12(17)5-9-14)15(22)21-13-6-2-11(3-7-13)16(18,19)20/h2-10H,1H3,(H,21,22)/t10-/m0/s1. The van der Waals surface area contributed by atoms with Gasteiger partial charge < -0.3 is 10.1 Å². The first-order chi connectivity index (χ1) is 10.8. The third kappa shape index (κ3) is 4.70. The Hall–Kier alpha value is -2.57. The van der Waals surface area contributed by atoms with Gasteiger partial charge in [-0.2, -0.15) is 13.2 Å². The van der Waals surface area contributed by atoms with Gasteiger partial charge in [0.25, 0.3) is 5.91 Å². The highest BCUT2D eigenvalue weighted by atomic mass is 19.4. The second kappa shape index (κ2) is 6.68. The Morgan fingerprint density at radius 3 is 2.13 bits per heavy atom. The summed E-state index contributed by atoms with van der Waals surface area (Å²) in [5.41, 5.74) is -0.580. The maximum absolute atomic E-state index is 12.8. The molecule has 0 aromatic heterocycles. The van der Waals surface area contributed by atoms with Crippen molar-refractivity contribution in [2.45, 2.75) is 19.2 Å². The second-order valence-electron chi connectivity index (χ2n) is 4.78. The third-order valence-corrected chi connectivity index (χ3v) is 2.98. The molecular weight excluding hydrogens is 314 g/mol. The van der Waals surface area contributed by atoms with E-state index in [0.29, 0.717) is 5.75 Å². The monoisotopic (exact) mass is 327 g/mol. The molecule has 0 fully saturated rings. The first kappa shape index (κ1) is 16.8. The highest BCUT2D eigenvalue weighted by molar-refractivity contribution is 5.94. The number of carbonyl (C=O) groups is 1. The van der Waals surface area contributed by atoms with Crippen LogP contribution in [-0.4, -0.2) is 12.0 Å². The Bertz CT molecular complexity index is 666. The molecule has 2 aromatic rings. The molecule has 0 bridgehead atoms. The molecule has 2 aromatic carbocycles. The van der Waals surface area contributed by atoms with Gasteiger partial charge in [0.15, 0.2) is 6.10 Å². The summed E-state index contributed by atoms with van der Waals surface area (Å²) in [6.07, 6.45) is -5.33. The summed E-state index contributed by atoms with van der Waals surface area (Å²) in [5.74, 6) is -0.658. The van der Waals surface area contributed by atoms with Gasteiger partial charge in [-0.05, 0) is 55.5 Å². The molecule has 0 heterocycles. The molecule has 0 aliphatic heterocycles. The lowest BCUT2D eigenvalue weighted by molar-refractivity contribution is -0.137. The summed E-state index contributed by atoms with van der Waals surface area (Å²) in [7, 11) is 0. The lowest BCUT2D eigenvalue weighted by Gasteiger charge is -2.15. The van der Waals surface area contributed by atoms with E-state index in [-0.39, 0.29) is 5.69 Å². The predicted octanol–water partition coefficient (Wildman–Crippen LogP) is 4.25. The predicted molar refractivity (Wildman–Crippen MR) is 76.6 cm³/mol. The van der Waals surface area contributed by atoms with Crippen molar-refractivity contribution in [1.29, 1.82) is 0 Å². The maximum Gasteiger partial charge on any atom is 0.416 e. The zero-order valence-corrected chi connectivity index (χ0v) is 12.0. The lowest BCUT2D eigenvalue weighted by atomic mass is 10.2. The van der Waals surface area contributed by atoms with Crippen LogP contribution in [0.1, 0.15) is 12.5 Å². The summed E-state index contributed by atoms with van der Waals surface area (Å²) < 4.78 is 55.4. The van der Waals surface area contributed by atoms with Crippen LogP contribution in [0.25, 0.3) is 0 Å². The molecule has 0 unspecified atom stereocenters. The van der Waals surface area contributed by atoms with Gasteiger partial charge in [0.2, 0.25) is 0 Å². The summed E-state index contributed by atoms with van der Waals surface area (Å²) in [6.45, 7) is 1.47. The molecule has 7 heteroatoms.